The fraction of sp³-hybridized carbons (Fsp3) is 0.833. The first-order valence-electron chi connectivity index (χ1n) is 5.97. The maximum absolute atomic E-state index is 8.89. The lowest BCUT2D eigenvalue weighted by Crippen LogP contribution is -2.06. The summed E-state index contributed by atoms with van der Waals surface area (Å²) < 4.78 is 0. The van der Waals surface area contributed by atoms with Crippen LogP contribution in [-0.2, 0) is 0 Å². The minimum Gasteiger partial charge on any atom is -0.198 e. The summed E-state index contributed by atoms with van der Waals surface area (Å²) in [6.45, 7) is 1.04. The van der Waals surface area contributed by atoms with E-state index in [1.807, 2.05) is 0 Å². The van der Waals surface area contributed by atoms with Crippen molar-refractivity contribution < 1.29 is 0 Å². The molecule has 0 saturated heterocycles. The molecule has 0 aromatic carbocycles. The Morgan fingerprint density at radius 2 is 1.25 bits per heavy atom. The molecule has 0 aliphatic heterocycles. The van der Waals surface area contributed by atoms with Crippen molar-refractivity contribution in [3.63, 3.8) is 0 Å². The molecule has 2 saturated carbocycles. The lowest BCUT2D eigenvalue weighted by atomic mass is 10.1. The van der Waals surface area contributed by atoms with E-state index in [2.05, 4.69) is 22.4 Å². The van der Waals surface area contributed by atoms with Gasteiger partial charge in [-0.05, 0) is 37.5 Å². The van der Waals surface area contributed by atoms with Crippen LogP contribution < -0.4 is 0 Å². The van der Waals surface area contributed by atoms with Gasteiger partial charge < -0.3 is 0 Å². The molecule has 2 rings (SSSR count). The number of hydrogen-bond acceptors (Lipinski definition) is 4. The maximum atomic E-state index is 8.89. The summed E-state index contributed by atoms with van der Waals surface area (Å²) in [5.74, 6) is 1.20. The molecule has 2 atom stereocenters. The quantitative estimate of drug-likeness (QED) is 0.640. The third-order valence-electron chi connectivity index (χ3n) is 3.37. The van der Waals surface area contributed by atoms with Gasteiger partial charge in [0.15, 0.2) is 0 Å². The number of rotatable bonds is 6. The highest BCUT2D eigenvalue weighted by Crippen LogP contribution is 2.37. The Morgan fingerprint density at radius 3 is 1.50 bits per heavy atom. The highest BCUT2D eigenvalue weighted by Gasteiger charge is 2.32. The number of hydrogen-bond donors (Lipinski definition) is 0. The van der Waals surface area contributed by atoms with Crippen LogP contribution in [0.1, 0.15) is 25.7 Å². The molecule has 2 unspecified atom stereocenters. The predicted molar refractivity (Wildman–Crippen MR) is 58.2 cm³/mol. The Balaban J connectivity index is 1.68. The van der Waals surface area contributed by atoms with Gasteiger partial charge in [-0.15, -0.1) is 0 Å². The molecule has 2 aliphatic rings. The van der Waals surface area contributed by atoms with E-state index in [1.165, 1.54) is 0 Å². The standard InChI is InChI=1S/C12H16N4/c13-5-11(9-1-2-9)7-15-16-8-12(6-14)10-3-4-10/h9-12H,1-4,7-8H2. The number of nitriles is 2. The molecule has 2 fully saturated rings. The highest BCUT2D eigenvalue weighted by atomic mass is 15.1. The van der Waals surface area contributed by atoms with E-state index in [9.17, 15) is 0 Å². The van der Waals surface area contributed by atoms with Crippen molar-refractivity contribution in [2.75, 3.05) is 13.1 Å². The van der Waals surface area contributed by atoms with E-state index in [4.69, 9.17) is 10.5 Å². The van der Waals surface area contributed by atoms with Gasteiger partial charge in [-0.1, -0.05) is 0 Å². The molecular weight excluding hydrogens is 200 g/mol. The first-order valence-corrected chi connectivity index (χ1v) is 5.97. The van der Waals surface area contributed by atoms with E-state index in [-0.39, 0.29) is 11.8 Å². The molecule has 0 bridgehead atoms. The van der Waals surface area contributed by atoms with E-state index in [0.29, 0.717) is 24.9 Å². The Hall–Kier alpha value is -1.42. The minimum absolute atomic E-state index is 0.0465. The summed E-state index contributed by atoms with van der Waals surface area (Å²) in [6.07, 6.45) is 4.65. The normalized spacial score (nSPS) is 23.6. The van der Waals surface area contributed by atoms with E-state index < -0.39 is 0 Å². The smallest absolute Gasteiger partial charge is 0.0759 e. The second-order valence-electron chi connectivity index (χ2n) is 4.79. The topological polar surface area (TPSA) is 72.3 Å². The maximum Gasteiger partial charge on any atom is 0.0759 e. The van der Waals surface area contributed by atoms with Crippen LogP contribution in [0.25, 0.3) is 0 Å². The van der Waals surface area contributed by atoms with Crippen molar-refractivity contribution >= 4 is 0 Å². The van der Waals surface area contributed by atoms with Crippen molar-refractivity contribution in [1.29, 1.82) is 10.5 Å². The van der Waals surface area contributed by atoms with Crippen molar-refractivity contribution in [3.8, 4) is 12.1 Å². The summed E-state index contributed by atoms with van der Waals surface area (Å²) in [7, 11) is 0. The molecule has 0 radical (unpaired) electrons. The first-order chi connectivity index (χ1) is 7.85. The van der Waals surface area contributed by atoms with Gasteiger partial charge in [0.1, 0.15) is 0 Å². The van der Waals surface area contributed by atoms with Crippen molar-refractivity contribution in [1.82, 2.24) is 0 Å². The highest BCUT2D eigenvalue weighted by molar-refractivity contribution is 4.96. The SMILES string of the molecule is N#CC(CN=NCC(C#N)C1CC1)C1CC1. The van der Waals surface area contributed by atoms with Crippen LogP contribution in [-0.4, -0.2) is 13.1 Å². The van der Waals surface area contributed by atoms with E-state index in [0.717, 1.165) is 25.7 Å². The minimum atomic E-state index is 0.0465. The van der Waals surface area contributed by atoms with Gasteiger partial charge in [0, 0.05) is 0 Å². The van der Waals surface area contributed by atoms with Crippen molar-refractivity contribution in [3.05, 3.63) is 0 Å². The zero-order chi connectivity index (χ0) is 11.4. The Morgan fingerprint density at radius 1 is 0.875 bits per heavy atom. The lowest BCUT2D eigenvalue weighted by molar-refractivity contribution is 0.546. The van der Waals surface area contributed by atoms with Crippen LogP contribution in [0.15, 0.2) is 10.2 Å². The molecule has 2 aliphatic carbocycles. The molecule has 4 nitrogen and oxygen atoms in total. The Bertz CT molecular complexity index is 307. The average Bonchev–Trinajstić information content (AvgIpc) is 3.16. The van der Waals surface area contributed by atoms with Gasteiger partial charge in [0.25, 0.3) is 0 Å². The summed E-state index contributed by atoms with van der Waals surface area (Å²) in [6, 6.07) is 4.56. The molecule has 0 aromatic rings. The Labute approximate surface area is 96.0 Å². The predicted octanol–water partition coefficient (Wildman–Crippen LogP) is 2.54. The third-order valence-corrected chi connectivity index (χ3v) is 3.37. The largest absolute Gasteiger partial charge is 0.198 e. The summed E-state index contributed by atoms with van der Waals surface area (Å²) in [5.41, 5.74) is 0. The van der Waals surface area contributed by atoms with Gasteiger partial charge in [0.2, 0.25) is 0 Å². The van der Waals surface area contributed by atoms with Crippen LogP contribution in [0.5, 0.6) is 0 Å². The van der Waals surface area contributed by atoms with Crippen molar-refractivity contribution in [2.24, 2.45) is 33.9 Å². The molecule has 0 spiro atoms. The van der Waals surface area contributed by atoms with Gasteiger partial charge in [-0.2, -0.15) is 20.8 Å². The van der Waals surface area contributed by atoms with Crippen molar-refractivity contribution in [2.45, 2.75) is 25.7 Å². The van der Waals surface area contributed by atoms with Gasteiger partial charge >= 0.3 is 0 Å². The second kappa shape index (κ2) is 5.07. The average molecular weight is 216 g/mol. The summed E-state index contributed by atoms with van der Waals surface area (Å²) >= 11 is 0. The first kappa shape index (κ1) is 11.1. The molecule has 16 heavy (non-hydrogen) atoms. The van der Waals surface area contributed by atoms with Crippen LogP contribution in [0.3, 0.4) is 0 Å². The van der Waals surface area contributed by atoms with Gasteiger partial charge in [-0.3, -0.25) is 0 Å². The fourth-order valence-corrected chi connectivity index (χ4v) is 1.88. The molecule has 0 heterocycles. The van der Waals surface area contributed by atoms with Crippen LogP contribution in [0.2, 0.25) is 0 Å². The Kier molecular flexibility index (Phi) is 3.51. The van der Waals surface area contributed by atoms with E-state index >= 15 is 0 Å². The van der Waals surface area contributed by atoms with E-state index in [1.54, 1.807) is 0 Å². The van der Waals surface area contributed by atoms with Crippen LogP contribution >= 0.6 is 0 Å². The lowest BCUT2D eigenvalue weighted by Gasteiger charge is -2.03. The molecule has 0 N–H and O–H groups in total. The van der Waals surface area contributed by atoms with Crippen LogP contribution in [0.4, 0.5) is 0 Å². The zero-order valence-electron chi connectivity index (χ0n) is 9.34. The van der Waals surface area contributed by atoms with Gasteiger partial charge in [0.05, 0.1) is 37.1 Å². The molecule has 0 amide bonds. The molecule has 4 heteroatoms. The second-order valence-corrected chi connectivity index (χ2v) is 4.79. The molecule has 0 aromatic heterocycles. The van der Waals surface area contributed by atoms with Crippen LogP contribution in [0, 0.1) is 46.3 Å². The molecule has 84 valence electrons. The summed E-state index contributed by atoms with van der Waals surface area (Å²) in [4.78, 5) is 0. The monoisotopic (exact) mass is 216 g/mol. The zero-order valence-corrected chi connectivity index (χ0v) is 9.34. The fourth-order valence-electron chi connectivity index (χ4n) is 1.88. The third kappa shape index (κ3) is 3.03. The van der Waals surface area contributed by atoms with Gasteiger partial charge in [-0.25, -0.2) is 0 Å². The number of azo groups is 1. The number of nitrogens with zero attached hydrogens (tertiary/aromatic N) is 4. The summed E-state index contributed by atoms with van der Waals surface area (Å²) in [5, 5.41) is 25.9. The molecular formula is C12H16N4.